The molecular formula is C19H34N4. The molecule has 0 radical (unpaired) electrons. The van der Waals surface area contributed by atoms with Gasteiger partial charge < -0.3 is 4.90 Å². The number of nitrogens with zero attached hydrogens (tertiary/aromatic N) is 4. The van der Waals surface area contributed by atoms with Gasteiger partial charge in [-0.1, -0.05) is 13.8 Å². The van der Waals surface area contributed by atoms with Crippen molar-refractivity contribution >= 4 is 5.69 Å². The normalized spacial score (nSPS) is 27.1. The van der Waals surface area contributed by atoms with E-state index < -0.39 is 0 Å². The van der Waals surface area contributed by atoms with Crippen LogP contribution in [-0.4, -0.2) is 46.9 Å². The van der Waals surface area contributed by atoms with Crippen LogP contribution in [0.5, 0.6) is 0 Å². The Hall–Kier alpha value is -1.03. The van der Waals surface area contributed by atoms with Crippen molar-refractivity contribution in [3.63, 3.8) is 0 Å². The van der Waals surface area contributed by atoms with E-state index in [1.165, 1.54) is 44.5 Å². The molecular weight excluding hydrogens is 284 g/mol. The van der Waals surface area contributed by atoms with Crippen molar-refractivity contribution in [1.29, 1.82) is 0 Å². The van der Waals surface area contributed by atoms with Gasteiger partial charge in [0.2, 0.25) is 0 Å². The van der Waals surface area contributed by atoms with Crippen molar-refractivity contribution < 1.29 is 0 Å². The standard InChI is InChI=1S/C19H34N4/c1-15(2)17-5-7-18(8-6-17)21-9-11-22(12-10-21)19-13-20-23(14-19)16(3)4/h13-18H,5-12H2,1-4H3. The zero-order valence-corrected chi connectivity index (χ0v) is 15.4. The Morgan fingerprint density at radius 3 is 2.13 bits per heavy atom. The number of rotatable bonds is 4. The molecule has 0 spiro atoms. The third-order valence-electron chi connectivity index (χ3n) is 6.00. The van der Waals surface area contributed by atoms with Gasteiger partial charge >= 0.3 is 0 Å². The molecule has 2 heterocycles. The van der Waals surface area contributed by atoms with Gasteiger partial charge in [0.25, 0.3) is 0 Å². The molecule has 0 N–H and O–H groups in total. The van der Waals surface area contributed by atoms with Gasteiger partial charge in [0.05, 0.1) is 11.9 Å². The molecule has 0 amide bonds. The monoisotopic (exact) mass is 318 g/mol. The molecule has 1 saturated carbocycles. The van der Waals surface area contributed by atoms with E-state index in [0.717, 1.165) is 31.0 Å². The Balaban J connectivity index is 1.49. The summed E-state index contributed by atoms with van der Waals surface area (Å²) in [6.07, 6.45) is 9.92. The number of hydrogen-bond donors (Lipinski definition) is 0. The third kappa shape index (κ3) is 3.90. The highest BCUT2D eigenvalue weighted by Crippen LogP contribution is 2.32. The SMILES string of the molecule is CC(C)C1CCC(N2CCN(c3cnn(C(C)C)c3)CC2)CC1. The molecule has 2 fully saturated rings. The molecule has 1 aliphatic carbocycles. The molecule has 0 unspecified atom stereocenters. The van der Waals surface area contributed by atoms with Crippen molar-refractivity contribution in [2.45, 2.75) is 65.5 Å². The fourth-order valence-electron chi connectivity index (χ4n) is 4.25. The molecule has 2 aliphatic rings. The molecule has 0 bridgehead atoms. The molecule has 0 atom stereocenters. The summed E-state index contributed by atoms with van der Waals surface area (Å²) in [6.45, 7) is 13.9. The van der Waals surface area contributed by atoms with Gasteiger partial charge in [-0.3, -0.25) is 9.58 Å². The largest absolute Gasteiger partial charge is 0.366 e. The summed E-state index contributed by atoms with van der Waals surface area (Å²) in [5, 5.41) is 4.49. The maximum atomic E-state index is 4.49. The average molecular weight is 319 g/mol. The minimum Gasteiger partial charge on any atom is -0.366 e. The average Bonchev–Trinajstić information content (AvgIpc) is 3.05. The Morgan fingerprint density at radius 1 is 0.957 bits per heavy atom. The lowest BCUT2D eigenvalue weighted by atomic mass is 9.79. The van der Waals surface area contributed by atoms with Crippen LogP contribution in [0.1, 0.15) is 59.4 Å². The number of aromatic nitrogens is 2. The smallest absolute Gasteiger partial charge is 0.0753 e. The quantitative estimate of drug-likeness (QED) is 0.844. The molecule has 1 saturated heterocycles. The summed E-state index contributed by atoms with van der Waals surface area (Å²) in [7, 11) is 0. The second-order valence-electron chi connectivity index (χ2n) is 8.11. The van der Waals surface area contributed by atoms with Gasteiger partial charge in [0, 0.05) is 44.5 Å². The van der Waals surface area contributed by atoms with Gasteiger partial charge in [-0.15, -0.1) is 0 Å². The zero-order valence-electron chi connectivity index (χ0n) is 15.4. The maximum Gasteiger partial charge on any atom is 0.0753 e. The van der Waals surface area contributed by atoms with Gasteiger partial charge in [0.15, 0.2) is 0 Å². The summed E-state index contributed by atoms with van der Waals surface area (Å²) in [5.74, 6) is 1.83. The molecule has 23 heavy (non-hydrogen) atoms. The fraction of sp³-hybridized carbons (Fsp3) is 0.842. The van der Waals surface area contributed by atoms with Crippen molar-refractivity contribution in [2.24, 2.45) is 11.8 Å². The van der Waals surface area contributed by atoms with Crippen LogP contribution >= 0.6 is 0 Å². The van der Waals surface area contributed by atoms with E-state index >= 15 is 0 Å². The topological polar surface area (TPSA) is 24.3 Å². The van der Waals surface area contributed by atoms with Crippen LogP contribution in [0.25, 0.3) is 0 Å². The molecule has 1 aromatic heterocycles. The van der Waals surface area contributed by atoms with Crippen LogP contribution in [0.4, 0.5) is 5.69 Å². The zero-order chi connectivity index (χ0) is 16.4. The highest BCUT2D eigenvalue weighted by molar-refractivity contribution is 5.42. The first-order valence-corrected chi connectivity index (χ1v) is 9.57. The molecule has 4 heteroatoms. The van der Waals surface area contributed by atoms with Gasteiger partial charge in [-0.05, 0) is 51.4 Å². The lowest BCUT2D eigenvalue weighted by Gasteiger charge is -2.42. The number of hydrogen-bond acceptors (Lipinski definition) is 3. The lowest BCUT2D eigenvalue weighted by molar-refractivity contribution is 0.117. The molecule has 130 valence electrons. The van der Waals surface area contributed by atoms with E-state index in [9.17, 15) is 0 Å². The van der Waals surface area contributed by atoms with E-state index in [2.05, 4.69) is 53.5 Å². The van der Waals surface area contributed by atoms with E-state index in [4.69, 9.17) is 0 Å². The summed E-state index contributed by atoms with van der Waals surface area (Å²) in [5.41, 5.74) is 1.29. The molecule has 1 aliphatic heterocycles. The van der Waals surface area contributed by atoms with E-state index in [-0.39, 0.29) is 0 Å². The van der Waals surface area contributed by atoms with Crippen molar-refractivity contribution in [2.75, 3.05) is 31.1 Å². The van der Waals surface area contributed by atoms with E-state index in [1.807, 2.05) is 6.20 Å². The minimum atomic E-state index is 0.446. The van der Waals surface area contributed by atoms with Crippen LogP contribution in [0.3, 0.4) is 0 Å². The van der Waals surface area contributed by atoms with E-state index in [0.29, 0.717) is 6.04 Å². The highest BCUT2D eigenvalue weighted by atomic mass is 15.3. The van der Waals surface area contributed by atoms with Crippen LogP contribution in [0.15, 0.2) is 12.4 Å². The highest BCUT2D eigenvalue weighted by Gasteiger charge is 2.29. The second-order valence-corrected chi connectivity index (χ2v) is 8.11. The minimum absolute atomic E-state index is 0.446. The van der Waals surface area contributed by atoms with Crippen molar-refractivity contribution in [1.82, 2.24) is 14.7 Å². The van der Waals surface area contributed by atoms with Gasteiger partial charge in [-0.25, -0.2) is 0 Å². The van der Waals surface area contributed by atoms with Crippen LogP contribution < -0.4 is 4.90 Å². The molecule has 3 rings (SSSR count). The van der Waals surface area contributed by atoms with E-state index in [1.54, 1.807) is 0 Å². The summed E-state index contributed by atoms with van der Waals surface area (Å²) in [4.78, 5) is 5.25. The summed E-state index contributed by atoms with van der Waals surface area (Å²) < 4.78 is 2.06. The first kappa shape index (κ1) is 16.8. The predicted molar refractivity (Wildman–Crippen MR) is 97.0 cm³/mol. The Bertz CT molecular complexity index is 477. The number of piperazine rings is 1. The van der Waals surface area contributed by atoms with Gasteiger partial charge in [-0.2, -0.15) is 5.10 Å². The van der Waals surface area contributed by atoms with Crippen LogP contribution in [0, 0.1) is 11.8 Å². The van der Waals surface area contributed by atoms with Crippen molar-refractivity contribution in [3.8, 4) is 0 Å². The Morgan fingerprint density at radius 2 is 1.61 bits per heavy atom. The van der Waals surface area contributed by atoms with Crippen LogP contribution in [-0.2, 0) is 0 Å². The third-order valence-corrected chi connectivity index (χ3v) is 6.00. The molecule has 1 aromatic rings. The second kappa shape index (κ2) is 7.25. The van der Waals surface area contributed by atoms with Crippen LogP contribution in [0.2, 0.25) is 0 Å². The molecule has 0 aromatic carbocycles. The van der Waals surface area contributed by atoms with Crippen molar-refractivity contribution in [3.05, 3.63) is 12.4 Å². The Labute approximate surface area is 141 Å². The Kier molecular flexibility index (Phi) is 5.30. The number of anilines is 1. The first-order valence-electron chi connectivity index (χ1n) is 9.57. The fourth-order valence-corrected chi connectivity index (χ4v) is 4.25. The first-order chi connectivity index (χ1) is 11.0. The maximum absolute atomic E-state index is 4.49. The lowest BCUT2D eigenvalue weighted by Crippen LogP contribution is -2.51. The summed E-state index contributed by atoms with van der Waals surface area (Å²) in [6, 6.07) is 1.28. The molecule has 4 nitrogen and oxygen atoms in total. The van der Waals surface area contributed by atoms with Gasteiger partial charge in [0.1, 0.15) is 0 Å². The predicted octanol–water partition coefficient (Wildman–Crippen LogP) is 3.80. The summed E-state index contributed by atoms with van der Waals surface area (Å²) >= 11 is 0.